The summed E-state index contributed by atoms with van der Waals surface area (Å²) in [6.45, 7) is 3.54. The summed E-state index contributed by atoms with van der Waals surface area (Å²) in [5.74, 6) is 0.206. The molecular formula is C16H23N3O3. The summed E-state index contributed by atoms with van der Waals surface area (Å²) >= 11 is 0. The Bertz CT molecular complexity index is 574. The standard InChI is InChI=1S/C16H23N3O3/c1-10-6-7-12(8-15(10)19(21)22)11(2)18-16(20)9-13-4-3-5-14(13)17/h6-8,11,13-14H,3-5,9,17H2,1-2H3,(H,18,20)/t11?,13-,14+/m0/s1. The van der Waals surface area contributed by atoms with Crippen molar-refractivity contribution >= 4 is 11.6 Å². The highest BCUT2D eigenvalue weighted by Crippen LogP contribution is 2.27. The van der Waals surface area contributed by atoms with Crippen LogP contribution in [-0.2, 0) is 4.79 Å². The van der Waals surface area contributed by atoms with E-state index in [-0.39, 0.29) is 29.6 Å². The molecule has 0 spiro atoms. The molecule has 1 saturated carbocycles. The second-order valence-electron chi connectivity index (χ2n) is 6.15. The average molecular weight is 305 g/mol. The third kappa shape index (κ3) is 3.82. The van der Waals surface area contributed by atoms with Crippen molar-refractivity contribution in [3.63, 3.8) is 0 Å². The van der Waals surface area contributed by atoms with Crippen molar-refractivity contribution in [2.75, 3.05) is 0 Å². The number of nitrogens with two attached hydrogens (primary N) is 1. The maximum absolute atomic E-state index is 12.1. The fraction of sp³-hybridized carbons (Fsp3) is 0.562. The van der Waals surface area contributed by atoms with Gasteiger partial charge in [-0.05, 0) is 38.2 Å². The van der Waals surface area contributed by atoms with Crippen molar-refractivity contribution in [1.29, 1.82) is 0 Å². The zero-order valence-electron chi connectivity index (χ0n) is 13.0. The van der Waals surface area contributed by atoms with Gasteiger partial charge in [-0.2, -0.15) is 0 Å². The molecule has 0 aromatic heterocycles. The first-order valence-corrected chi connectivity index (χ1v) is 7.68. The Balaban J connectivity index is 1.99. The van der Waals surface area contributed by atoms with E-state index in [0.29, 0.717) is 12.0 Å². The van der Waals surface area contributed by atoms with Crippen LogP contribution < -0.4 is 11.1 Å². The minimum absolute atomic E-state index is 0.0434. The zero-order valence-corrected chi connectivity index (χ0v) is 13.0. The Hall–Kier alpha value is -1.95. The highest BCUT2D eigenvalue weighted by Gasteiger charge is 2.26. The van der Waals surface area contributed by atoms with E-state index < -0.39 is 4.92 Å². The SMILES string of the molecule is Cc1ccc(C(C)NC(=O)C[C@@H]2CCC[C@H]2N)cc1[N+](=O)[O-]. The van der Waals surface area contributed by atoms with Gasteiger partial charge in [-0.15, -0.1) is 0 Å². The molecule has 3 atom stereocenters. The van der Waals surface area contributed by atoms with E-state index in [9.17, 15) is 14.9 Å². The van der Waals surface area contributed by atoms with Crippen LogP contribution in [-0.4, -0.2) is 16.9 Å². The van der Waals surface area contributed by atoms with Gasteiger partial charge in [0.1, 0.15) is 0 Å². The van der Waals surface area contributed by atoms with Crippen LogP contribution in [0.5, 0.6) is 0 Å². The number of nitro benzene ring substituents is 1. The van der Waals surface area contributed by atoms with E-state index in [2.05, 4.69) is 5.32 Å². The number of nitro groups is 1. The Morgan fingerprint density at radius 3 is 2.82 bits per heavy atom. The molecule has 1 aliphatic carbocycles. The smallest absolute Gasteiger partial charge is 0.272 e. The fourth-order valence-corrected chi connectivity index (χ4v) is 3.03. The zero-order chi connectivity index (χ0) is 16.3. The second-order valence-corrected chi connectivity index (χ2v) is 6.15. The normalized spacial score (nSPS) is 22.3. The lowest BCUT2D eigenvalue weighted by Gasteiger charge is -2.18. The van der Waals surface area contributed by atoms with Crippen LogP contribution >= 0.6 is 0 Å². The number of carbonyl (C=O) groups excluding carboxylic acids is 1. The molecular weight excluding hydrogens is 282 g/mol. The van der Waals surface area contributed by atoms with E-state index in [1.165, 1.54) is 6.07 Å². The third-order valence-electron chi connectivity index (χ3n) is 4.47. The third-order valence-corrected chi connectivity index (χ3v) is 4.47. The van der Waals surface area contributed by atoms with E-state index in [0.717, 1.165) is 24.8 Å². The molecule has 6 nitrogen and oxygen atoms in total. The lowest BCUT2D eigenvalue weighted by Crippen LogP contribution is -2.32. The van der Waals surface area contributed by atoms with E-state index in [1.54, 1.807) is 13.0 Å². The first kappa shape index (κ1) is 16.4. The van der Waals surface area contributed by atoms with Crippen molar-refractivity contribution in [1.82, 2.24) is 5.32 Å². The minimum Gasteiger partial charge on any atom is -0.350 e. The van der Waals surface area contributed by atoms with Gasteiger partial charge in [0, 0.05) is 24.1 Å². The van der Waals surface area contributed by atoms with Gasteiger partial charge in [0.25, 0.3) is 5.69 Å². The van der Waals surface area contributed by atoms with Crippen molar-refractivity contribution < 1.29 is 9.72 Å². The lowest BCUT2D eigenvalue weighted by atomic mass is 9.99. The van der Waals surface area contributed by atoms with Crippen LogP contribution in [0.2, 0.25) is 0 Å². The number of hydrogen-bond donors (Lipinski definition) is 2. The highest BCUT2D eigenvalue weighted by molar-refractivity contribution is 5.76. The number of benzene rings is 1. The Labute approximate surface area is 130 Å². The Morgan fingerprint density at radius 2 is 2.23 bits per heavy atom. The maximum Gasteiger partial charge on any atom is 0.272 e. The summed E-state index contributed by atoms with van der Waals surface area (Å²) in [6.07, 6.45) is 3.49. The van der Waals surface area contributed by atoms with Gasteiger partial charge in [-0.25, -0.2) is 0 Å². The molecule has 1 aromatic rings. The molecule has 0 radical (unpaired) electrons. The number of hydrogen-bond acceptors (Lipinski definition) is 4. The lowest BCUT2D eigenvalue weighted by molar-refractivity contribution is -0.385. The molecule has 6 heteroatoms. The van der Waals surface area contributed by atoms with Crippen LogP contribution in [0.1, 0.15) is 49.8 Å². The molecule has 1 aliphatic rings. The van der Waals surface area contributed by atoms with Crippen LogP contribution in [0.25, 0.3) is 0 Å². The molecule has 0 heterocycles. The molecule has 1 unspecified atom stereocenters. The summed E-state index contributed by atoms with van der Waals surface area (Å²) in [4.78, 5) is 22.7. The molecule has 0 aliphatic heterocycles. The predicted octanol–water partition coefficient (Wildman–Crippen LogP) is 2.60. The van der Waals surface area contributed by atoms with Crippen LogP contribution in [0.15, 0.2) is 18.2 Å². The van der Waals surface area contributed by atoms with Gasteiger partial charge < -0.3 is 11.1 Å². The molecule has 0 saturated heterocycles. The highest BCUT2D eigenvalue weighted by atomic mass is 16.6. The van der Waals surface area contributed by atoms with Gasteiger partial charge in [-0.3, -0.25) is 14.9 Å². The topological polar surface area (TPSA) is 98.3 Å². The van der Waals surface area contributed by atoms with Crippen molar-refractivity contribution in [2.45, 2.75) is 51.6 Å². The number of aryl methyl sites for hydroxylation is 1. The average Bonchev–Trinajstić information content (AvgIpc) is 2.84. The number of nitrogens with one attached hydrogen (secondary N) is 1. The molecule has 22 heavy (non-hydrogen) atoms. The van der Waals surface area contributed by atoms with E-state index >= 15 is 0 Å². The quantitative estimate of drug-likeness (QED) is 0.645. The summed E-state index contributed by atoms with van der Waals surface area (Å²) in [5, 5.41) is 13.9. The molecule has 120 valence electrons. The van der Waals surface area contributed by atoms with Gasteiger partial charge in [0.2, 0.25) is 5.91 Å². The van der Waals surface area contributed by atoms with Gasteiger partial charge >= 0.3 is 0 Å². The van der Waals surface area contributed by atoms with E-state index in [1.807, 2.05) is 13.0 Å². The molecule has 2 rings (SSSR count). The first-order chi connectivity index (χ1) is 10.4. The monoisotopic (exact) mass is 305 g/mol. The fourth-order valence-electron chi connectivity index (χ4n) is 3.03. The van der Waals surface area contributed by atoms with Crippen LogP contribution in [0.3, 0.4) is 0 Å². The van der Waals surface area contributed by atoms with E-state index in [4.69, 9.17) is 5.73 Å². The summed E-state index contributed by atoms with van der Waals surface area (Å²) in [7, 11) is 0. The van der Waals surface area contributed by atoms with Crippen LogP contribution in [0.4, 0.5) is 5.69 Å². The largest absolute Gasteiger partial charge is 0.350 e. The predicted molar refractivity (Wildman–Crippen MR) is 84.3 cm³/mol. The van der Waals surface area contributed by atoms with Crippen LogP contribution in [0, 0.1) is 23.0 Å². The number of nitrogens with zero attached hydrogens (tertiary/aromatic N) is 1. The van der Waals surface area contributed by atoms with Crippen molar-refractivity contribution in [3.8, 4) is 0 Å². The summed E-state index contributed by atoms with van der Waals surface area (Å²) in [6, 6.07) is 4.91. The van der Waals surface area contributed by atoms with Gasteiger partial charge in [0.15, 0.2) is 0 Å². The summed E-state index contributed by atoms with van der Waals surface area (Å²) in [5.41, 5.74) is 7.42. The maximum atomic E-state index is 12.1. The first-order valence-electron chi connectivity index (χ1n) is 7.68. The molecule has 3 N–H and O–H groups in total. The number of amides is 1. The van der Waals surface area contributed by atoms with Gasteiger partial charge in [-0.1, -0.05) is 18.6 Å². The van der Waals surface area contributed by atoms with Crippen molar-refractivity contribution in [3.05, 3.63) is 39.4 Å². The second kappa shape index (κ2) is 6.87. The van der Waals surface area contributed by atoms with Crippen molar-refractivity contribution in [2.24, 2.45) is 11.7 Å². The molecule has 1 amide bonds. The minimum atomic E-state index is -0.398. The Morgan fingerprint density at radius 1 is 1.50 bits per heavy atom. The molecule has 0 bridgehead atoms. The van der Waals surface area contributed by atoms with Gasteiger partial charge in [0.05, 0.1) is 11.0 Å². The molecule has 1 fully saturated rings. The summed E-state index contributed by atoms with van der Waals surface area (Å²) < 4.78 is 0. The Kier molecular flexibility index (Phi) is 5.13. The number of carbonyl (C=O) groups is 1. The number of rotatable bonds is 5. The molecule has 1 aromatic carbocycles.